The minimum Gasteiger partial charge on any atom is -0.487 e. The first-order valence-electron chi connectivity index (χ1n) is 17.7. The minimum absolute atomic E-state index is 0.0198. The molecule has 9 rings (SSSR count). The van der Waals surface area contributed by atoms with Crippen LogP contribution in [0.1, 0.15) is 55.6 Å². The Kier molecular flexibility index (Phi) is 7.31. The van der Waals surface area contributed by atoms with Crippen molar-refractivity contribution in [1.29, 1.82) is 0 Å². The Balaban J connectivity index is 1.15. The van der Waals surface area contributed by atoms with Crippen LogP contribution in [0.3, 0.4) is 0 Å². The monoisotopic (exact) mass is 666 g/mol. The summed E-state index contributed by atoms with van der Waals surface area (Å²) in [6.45, 7) is 13.2. The molecule has 3 aliphatic heterocycles. The maximum absolute atomic E-state index is 14.6. The Hall–Kier alpha value is -4.30. The van der Waals surface area contributed by atoms with Crippen LogP contribution in [0.15, 0.2) is 42.7 Å². The van der Waals surface area contributed by atoms with Crippen LogP contribution in [0.25, 0.3) is 26.9 Å². The molecule has 6 aliphatic rings. The summed E-state index contributed by atoms with van der Waals surface area (Å²) >= 11 is 0. The molecule has 0 radical (unpaired) electrons. The third-order valence-corrected chi connectivity index (χ3v) is 11.7. The molecule has 3 saturated heterocycles. The van der Waals surface area contributed by atoms with Gasteiger partial charge in [0.05, 0.1) is 11.6 Å². The van der Waals surface area contributed by atoms with E-state index in [-0.39, 0.29) is 43.9 Å². The molecule has 1 amide bonds. The van der Waals surface area contributed by atoms with E-state index in [0.29, 0.717) is 42.5 Å². The predicted octanol–water partition coefficient (Wildman–Crippen LogP) is 5.87. The minimum atomic E-state index is -1.03. The lowest BCUT2D eigenvalue weighted by Gasteiger charge is -2.39. The summed E-state index contributed by atoms with van der Waals surface area (Å²) in [5.74, 6) is 0.904. The van der Waals surface area contributed by atoms with Gasteiger partial charge in [-0.25, -0.2) is 15.4 Å². The van der Waals surface area contributed by atoms with Crippen molar-refractivity contribution in [2.75, 3.05) is 50.8 Å². The van der Waals surface area contributed by atoms with Crippen LogP contribution in [-0.2, 0) is 11.2 Å². The number of carbonyl (C=O) groups excluding carboxylic acids is 1. The summed E-state index contributed by atoms with van der Waals surface area (Å²) in [7, 11) is 0. The Labute approximate surface area is 284 Å². The lowest BCUT2D eigenvalue weighted by molar-refractivity contribution is -0.131. The second-order valence-electron chi connectivity index (χ2n) is 14.9. The SMILES string of the molecule is [C-]#[N+]C[C@H]1CN(c2nc(OC[C@@]34CCCN3C[C@H](F)C4)nc3c(OC4CC4)c(-c4cccc5c4C[C@H]4C[C@@H]54)ccc23)CCN1C(=O)C(=C)F. The van der Waals surface area contributed by atoms with Crippen molar-refractivity contribution in [3.05, 3.63) is 65.3 Å². The van der Waals surface area contributed by atoms with Crippen LogP contribution >= 0.6 is 0 Å². The molecule has 4 heterocycles. The van der Waals surface area contributed by atoms with Gasteiger partial charge in [-0.1, -0.05) is 24.8 Å². The van der Waals surface area contributed by atoms with Crippen molar-refractivity contribution in [3.8, 4) is 22.9 Å². The first-order chi connectivity index (χ1) is 23.8. The molecule has 9 nitrogen and oxygen atoms in total. The molecule has 2 aromatic carbocycles. The van der Waals surface area contributed by atoms with Crippen LogP contribution in [0.4, 0.5) is 14.6 Å². The highest BCUT2D eigenvalue weighted by Crippen LogP contribution is 2.58. The quantitative estimate of drug-likeness (QED) is 0.209. The Morgan fingerprint density at radius 2 is 2.00 bits per heavy atom. The second kappa shape index (κ2) is 11.7. The number of aromatic nitrogens is 2. The van der Waals surface area contributed by atoms with Gasteiger partial charge in [-0.15, -0.1) is 0 Å². The molecule has 1 aromatic heterocycles. The maximum atomic E-state index is 14.6. The average molecular weight is 667 g/mol. The van der Waals surface area contributed by atoms with Gasteiger partial charge in [-0.2, -0.15) is 9.97 Å². The van der Waals surface area contributed by atoms with Gasteiger partial charge in [-0.05, 0) is 85.7 Å². The molecule has 254 valence electrons. The molecule has 3 aromatic rings. The van der Waals surface area contributed by atoms with E-state index in [2.05, 4.69) is 40.6 Å². The molecular weight excluding hydrogens is 626 g/mol. The molecule has 3 aliphatic carbocycles. The number of alkyl halides is 1. The van der Waals surface area contributed by atoms with Gasteiger partial charge in [0, 0.05) is 43.5 Å². The highest BCUT2D eigenvalue weighted by Gasteiger charge is 2.50. The number of ether oxygens (including phenoxy) is 2. The molecule has 49 heavy (non-hydrogen) atoms. The summed E-state index contributed by atoms with van der Waals surface area (Å²) in [6.07, 6.45) is 5.83. The number of carbonyl (C=O) groups is 1. The largest absolute Gasteiger partial charge is 0.487 e. The molecule has 5 atom stereocenters. The highest BCUT2D eigenvalue weighted by molar-refractivity contribution is 5.99. The normalized spacial score (nSPS) is 28.6. The highest BCUT2D eigenvalue weighted by atomic mass is 19.1. The Bertz CT molecular complexity index is 1910. The number of hydrogen-bond donors (Lipinski definition) is 0. The third-order valence-electron chi connectivity index (χ3n) is 11.7. The number of fused-ring (bicyclic) bond motifs is 5. The number of rotatable bonds is 9. The first-order valence-corrected chi connectivity index (χ1v) is 17.7. The number of halogens is 2. The van der Waals surface area contributed by atoms with Crippen molar-refractivity contribution in [2.45, 2.75) is 74.7 Å². The van der Waals surface area contributed by atoms with E-state index < -0.39 is 23.9 Å². The molecule has 0 N–H and O–H groups in total. The summed E-state index contributed by atoms with van der Waals surface area (Å²) in [5, 5.41) is 0.781. The molecule has 0 spiro atoms. The van der Waals surface area contributed by atoms with Gasteiger partial charge in [-0.3, -0.25) is 9.69 Å². The topological polar surface area (TPSA) is 75.4 Å². The molecule has 5 fully saturated rings. The summed E-state index contributed by atoms with van der Waals surface area (Å²) < 4.78 is 41.9. The Morgan fingerprint density at radius 1 is 1.12 bits per heavy atom. The van der Waals surface area contributed by atoms with E-state index in [1.165, 1.54) is 28.0 Å². The predicted molar refractivity (Wildman–Crippen MR) is 181 cm³/mol. The van der Waals surface area contributed by atoms with Crippen LogP contribution < -0.4 is 14.4 Å². The van der Waals surface area contributed by atoms with E-state index >= 15 is 0 Å². The molecule has 0 unspecified atom stereocenters. The van der Waals surface area contributed by atoms with Crippen molar-refractivity contribution < 1.29 is 23.0 Å². The first kappa shape index (κ1) is 30.7. The van der Waals surface area contributed by atoms with Gasteiger partial charge < -0.3 is 24.1 Å². The van der Waals surface area contributed by atoms with Gasteiger partial charge in [0.25, 0.3) is 5.91 Å². The van der Waals surface area contributed by atoms with Crippen LogP contribution in [-0.4, -0.2) is 95.4 Å². The van der Waals surface area contributed by atoms with Gasteiger partial charge in [0.2, 0.25) is 6.54 Å². The maximum Gasteiger partial charge on any atom is 0.319 e. The van der Waals surface area contributed by atoms with Gasteiger partial charge in [0.15, 0.2) is 11.6 Å². The fourth-order valence-electron chi connectivity index (χ4n) is 9.05. The lowest BCUT2D eigenvalue weighted by Crippen LogP contribution is -2.56. The van der Waals surface area contributed by atoms with Crippen molar-refractivity contribution in [3.63, 3.8) is 0 Å². The van der Waals surface area contributed by atoms with Gasteiger partial charge >= 0.3 is 6.01 Å². The fourth-order valence-corrected chi connectivity index (χ4v) is 9.05. The zero-order chi connectivity index (χ0) is 33.4. The molecular formula is C38H40F2N6O3. The molecule has 0 bridgehead atoms. The van der Waals surface area contributed by atoms with Crippen LogP contribution in [0.2, 0.25) is 0 Å². The number of anilines is 1. The van der Waals surface area contributed by atoms with Crippen molar-refractivity contribution >= 4 is 22.6 Å². The smallest absolute Gasteiger partial charge is 0.319 e. The van der Waals surface area contributed by atoms with E-state index in [1.807, 2.05) is 11.0 Å². The standard InChI is InChI=1S/C38H40F2N6O3/c1-22(39)36(47)46-14-13-44(20-25(46)18-41-2)35-30-10-9-29(27-5-3-6-28-31-15-23(31)16-32(27)28)34(49-26-7-8-26)33(30)42-37(43-35)48-21-38-11-4-12-45(38)19-24(40)17-38/h3,5-6,9-10,23-26,31H,1,4,7-8,11-21H2/t23-,24-,25+,31-,38+/m1/s1. The number of hydrogen-bond acceptors (Lipinski definition) is 7. The summed E-state index contributed by atoms with van der Waals surface area (Å²) in [6, 6.07) is 10.4. The summed E-state index contributed by atoms with van der Waals surface area (Å²) in [5.41, 5.74) is 5.31. The average Bonchev–Trinajstić information content (AvgIpc) is 3.97. The van der Waals surface area contributed by atoms with Crippen molar-refractivity contribution in [1.82, 2.24) is 19.8 Å². The molecule has 11 heteroatoms. The van der Waals surface area contributed by atoms with E-state index in [4.69, 9.17) is 26.0 Å². The number of amides is 1. The second-order valence-corrected chi connectivity index (χ2v) is 14.9. The van der Waals surface area contributed by atoms with E-state index in [0.717, 1.165) is 55.5 Å². The lowest BCUT2D eigenvalue weighted by atomic mass is 9.93. The Morgan fingerprint density at radius 3 is 2.82 bits per heavy atom. The number of benzene rings is 2. The van der Waals surface area contributed by atoms with Gasteiger partial charge in [0.1, 0.15) is 30.2 Å². The molecule has 2 saturated carbocycles. The number of nitrogens with zero attached hydrogens (tertiary/aromatic N) is 6. The zero-order valence-corrected chi connectivity index (χ0v) is 27.5. The van der Waals surface area contributed by atoms with Crippen molar-refractivity contribution in [2.24, 2.45) is 5.92 Å². The third kappa shape index (κ3) is 5.30. The van der Waals surface area contributed by atoms with E-state index in [1.54, 1.807) is 0 Å². The number of piperazine rings is 1. The van der Waals surface area contributed by atoms with E-state index in [9.17, 15) is 13.6 Å². The van der Waals surface area contributed by atoms with Crippen LogP contribution in [0.5, 0.6) is 11.8 Å². The van der Waals surface area contributed by atoms with Crippen LogP contribution in [0, 0.1) is 12.5 Å². The zero-order valence-electron chi connectivity index (χ0n) is 27.5. The fraction of sp³-hybridized carbons (Fsp3) is 0.526. The summed E-state index contributed by atoms with van der Waals surface area (Å²) in [4.78, 5) is 31.9.